The second-order valence-corrected chi connectivity index (χ2v) is 4.06. The summed E-state index contributed by atoms with van der Waals surface area (Å²) in [5.74, 6) is -1.96. The van der Waals surface area contributed by atoms with Crippen LogP contribution in [0, 0.1) is 0 Å². The summed E-state index contributed by atoms with van der Waals surface area (Å²) in [6.45, 7) is 0.122. The number of aliphatic carboxylic acids is 2. The SMILES string of the molecule is CN(Cc1ncn[nH]1)C(=O)NC(CCC(=O)O)C(=O)O. The minimum atomic E-state index is -1.28. The van der Waals surface area contributed by atoms with Crippen LogP contribution < -0.4 is 5.32 Å². The number of carboxylic acid groups (broad SMARTS) is 2. The van der Waals surface area contributed by atoms with E-state index in [4.69, 9.17) is 10.2 Å². The van der Waals surface area contributed by atoms with Crippen molar-refractivity contribution in [1.29, 1.82) is 0 Å². The van der Waals surface area contributed by atoms with E-state index in [0.29, 0.717) is 5.82 Å². The Kier molecular flexibility index (Phi) is 5.44. The lowest BCUT2D eigenvalue weighted by Gasteiger charge is -2.20. The first kappa shape index (κ1) is 15.4. The summed E-state index contributed by atoms with van der Waals surface area (Å²) in [5.41, 5.74) is 0. The van der Waals surface area contributed by atoms with Crippen LogP contribution in [-0.4, -0.2) is 61.4 Å². The number of aromatic amines is 1. The third-order valence-electron chi connectivity index (χ3n) is 2.44. The lowest BCUT2D eigenvalue weighted by Crippen LogP contribution is -2.46. The second kappa shape index (κ2) is 7.07. The molecule has 0 aliphatic rings. The van der Waals surface area contributed by atoms with Gasteiger partial charge in [0.1, 0.15) is 18.2 Å². The Morgan fingerprint density at radius 3 is 2.65 bits per heavy atom. The largest absolute Gasteiger partial charge is 0.481 e. The van der Waals surface area contributed by atoms with Gasteiger partial charge >= 0.3 is 18.0 Å². The van der Waals surface area contributed by atoms with Crippen LogP contribution >= 0.6 is 0 Å². The van der Waals surface area contributed by atoms with Crippen LogP contribution in [0.2, 0.25) is 0 Å². The molecular weight excluding hydrogens is 270 g/mol. The summed E-state index contributed by atoms with van der Waals surface area (Å²) in [7, 11) is 1.45. The van der Waals surface area contributed by atoms with Crippen molar-refractivity contribution in [2.24, 2.45) is 0 Å². The molecule has 20 heavy (non-hydrogen) atoms. The zero-order valence-corrected chi connectivity index (χ0v) is 10.7. The molecule has 110 valence electrons. The van der Waals surface area contributed by atoms with Crippen molar-refractivity contribution in [3.8, 4) is 0 Å². The number of rotatable bonds is 7. The number of H-pyrrole nitrogens is 1. The van der Waals surface area contributed by atoms with E-state index in [1.54, 1.807) is 0 Å². The molecule has 0 bridgehead atoms. The van der Waals surface area contributed by atoms with Crippen LogP contribution in [0.3, 0.4) is 0 Å². The number of nitrogens with one attached hydrogen (secondary N) is 2. The molecular formula is C10H15N5O5. The zero-order valence-electron chi connectivity index (χ0n) is 10.7. The van der Waals surface area contributed by atoms with Crippen LogP contribution in [0.1, 0.15) is 18.7 Å². The number of amides is 2. The van der Waals surface area contributed by atoms with Crippen LogP contribution in [0.4, 0.5) is 4.79 Å². The topological polar surface area (TPSA) is 149 Å². The highest BCUT2D eigenvalue weighted by Gasteiger charge is 2.22. The Balaban J connectivity index is 2.52. The Morgan fingerprint density at radius 2 is 2.15 bits per heavy atom. The molecule has 1 aromatic heterocycles. The Hall–Kier alpha value is -2.65. The molecule has 2 amide bonds. The van der Waals surface area contributed by atoms with Gasteiger partial charge in [-0.15, -0.1) is 0 Å². The van der Waals surface area contributed by atoms with Gasteiger partial charge in [0, 0.05) is 13.5 Å². The highest BCUT2D eigenvalue weighted by atomic mass is 16.4. The lowest BCUT2D eigenvalue weighted by molar-refractivity contribution is -0.140. The highest BCUT2D eigenvalue weighted by molar-refractivity contribution is 5.82. The predicted octanol–water partition coefficient (Wildman–Crippen LogP) is -0.736. The first-order valence-electron chi connectivity index (χ1n) is 5.70. The molecule has 1 atom stereocenters. The summed E-state index contributed by atoms with van der Waals surface area (Å²) in [6, 6.07) is -1.89. The monoisotopic (exact) mass is 285 g/mol. The van der Waals surface area contributed by atoms with Gasteiger partial charge in [-0.3, -0.25) is 9.89 Å². The number of carboxylic acids is 2. The van der Waals surface area contributed by atoms with Crippen molar-refractivity contribution in [2.45, 2.75) is 25.4 Å². The van der Waals surface area contributed by atoms with E-state index in [-0.39, 0.29) is 19.4 Å². The molecule has 0 fully saturated rings. The van der Waals surface area contributed by atoms with Gasteiger partial charge in [0.15, 0.2) is 0 Å². The van der Waals surface area contributed by atoms with Gasteiger partial charge in [0.2, 0.25) is 0 Å². The molecule has 4 N–H and O–H groups in total. The fourth-order valence-corrected chi connectivity index (χ4v) is 1.39. The number of carbonyl (C=O) groups is 3. The molecule has 0 aliphatic heterocycles. The minimum absolute atomic E-state index is 0.122. The van der Waals surface area contributed by atoms with Crippen LogP contribution in [0.25, 0.3) is 0 Å². The molecule has 1 aromatic rings. The van der Waals surface area contributed by atoms with Crippen LogP contribution in [-0.2, 0) is 16.1 Å². The van der Waals surface area contributed by atoms with E-state index in [1.807, 2.05) is 0 Å². The lowest BCUT2D eigenvalue weighted by atomic mass is 10.1. The molecule has 1 unspecified atom stereocenters. The van der Waals surface area contributed by atoms with Crippen LogP contribution in [0.5, 0.6) is 0 Å². The maximum Gasteiger partial charge on any atom is 0.326 e. The average molecular weight is 285 g/mol. The quantitative estimate of drug-likeness (QED) is 0.515. The summed E-state index contributed by atoms with van der Waals surface area (Å²) >= 11 is 0. The first-order valence-corrected chi connectivity index (χ1v) is 5.70. The second-order valence-electron chi connectivity index (χ2n) is 4.06. The Labute approximate surface area is 113 Å². The molecule has 1 heterocycles. The van der Waals surface area contributed by atoms with Crippen LogP contribution in [0.15, 0.2) is 6.33 Å². The van der Waals surface area contributed by atoms with Gasteiger partial charge in [-0.25, -0.2) is 14.6 Å². The van der Waals surface area contributed by atoms with E-state index >= 15 is 0 Å². The number of nitrogens with zero attached hydrogens (tertiary/aromatic N) is 3. The van der Waals surface area contributed by atoms with Crippen molar-refractivity contribution in [2.75, 3.05) is 7.05 Å². The summed E-state index contributed by atoms with van der Waals surface area (Å²) in [5, 5.41) is 25.9. The van der Waals surface area contributed by atoms with Gasteiger partial charge in [-0.2, -0.15) is 5.10 Å². The third kappa shape index (κ3) is 4.92. The van der Waals surface area contributed by atoms with E-state index < -0.39 is 24.0 Å². The van der Waals surface area contributed by atoms with Gasteiger partial charge in [0.05, 0.1) is 6.54 Å². The predicted molar refractivity (Wildman–Crippen MR) is 64.7 cm³/mol. The maximum atomic E-state index is 11.8. The molecule has 0 aliphatic carbocycles. The smallest absolute Gasteiger partial charge is 0.326 e. The number of hydrogen-bond acceptors (Lipinski definition) is 5. The van der Waals surface area contributed by atoms with E-state index in [0.717, 1.165) is 0 Å². The van der Waals surface area contributed by atoms with E-state index in [9.17, 15) is 14.4 Å². The minimum Gasteiger partial charge on any atom is -0.481 e. The number of aromatic nitrogens is 3. The number of hydrogen-bond donors (Lipinski definition) is 4. The summed E-state index contributed by atoms with van der Waals surface area (Å²) in [6.07, 6.45) is 0.754. The molecule has 10 nitrogen and oxygen atoms in total. The molecule has 0 saturated heterocycles. The van der Waals surface area contributed by atoms with Gasteiger partial charge in [-0.1, -0.05) is 0 Å². The zero-order chi connectivity index (χ0) is 15.1. The number of urea groups is 1. The fraction of sp³-hybridized carbons (Fsp3) is 0.500. The molecule has 10 heteroatoms. The molecule has 0 spiro atoms. The van der Waals surface area contributed by atoms with Crippen molar-refractivity contribution in [3.63, 3.8) is 0 Å². The van der Waals surface area contributed by atoms with Crippen molar-refractivity contribution in [3.05, 3.63) is 12.2 Å². The molecule has 0 radical (unpaired) electrons. The van der Waals surface area contributed by atoms with Crippen molar-refractivity contribution in [1.82, 2.24) is 25.4 Å². The summed E-state index contributed by atoms with van der Waals surface area (Å²) in [4.78, 5) is 38.2. The summed E-state index contributed by atoms with van der Waals surface area (Å²) < 4.78 is 0. The third-order valence-corrected chi connectivity index (χ3v) is 2.44. The van der Waals surface area contributed by atoms with Gasteiger partial charge in [-0.05, 0) is 6.42 Å². The normalized spacial score (nSPS) is 11.7. The average Bonchev–Trinajstić information content (AvgIpc) is 2.86. The first-order chi connectivity index (χ1) is 9.40. The van der Waals surface area contributed by atoms with Gasteiger partial charge < -0.3 is 20.4 Å². The molecule has 0 aromatic carbocycles. The molecule has 1 rings (SSSR count). The van der Waals surface area contributed by atoms with Gasteiger partial charge in [0.25, 0.3) is 0 Å². The highest BCUT2D eigenvalue weighted by Crippen LogP contribution is 2.01. The number of carbonyl (C=O) groups excluding carboxylic acids is 1. The van der Waals surface area contributed by atoms with Crippen molar-refractivity contribution < 1.29 is 24.6 Å². The van der Waals surface area contributed by atoms with E-state index in [2.05, 4.69) is 20.5 Å². The maximum absolute atomic E-state index is 11.8. The molecule has 0 saturated carbocycles. The fourth-order valence-electron chi connectivity index (χ4n) is 1.39. The Morgan fingerprint density at radius 1 is 1.45 bits per heavy atom. The standard InChI is InChI=1S/C10H15N5O5/c1-15(4-7-11-5-12-14-7)10(20)13-6(9(18)19)2-3-8(16)17/h5-6H,2-4H2,1H3,(H,13,20)(H,16,17)(H,18,19)(H,11,12,14). The van der Waals surface area contributed by atoms with Crippen molar-refractivity contribution >= 4 is 18.0 Å². The van der Waals surface area contributed by atoms with E-state index in [1.165, 1.54) is 18.3 Å². The Bertz CT molecular complexity index is 474.